The molecule has 0 saturated heterocycles. The highest BCUT2D eigenvalue weighted by Gasteiger charge is 2.33. The van der Waals surface area contributed by atoms with E-state index in [1.54, 1.807) is 7.11 Å². The molecule has 0 aromatic heterocycles. The SMILES string of the molecule is COC(=O)C1=C(c2ccccc2Br)OC(c2ccc(OC)cc2)C1. The van der Waals surface area contributed by atoms with Crippen LogP contribution in [0.5, 0.6) is 5.75 Å². The quantitative estimate of drug-likeness (QED) is 0.723. The van der Waals surface area contributed by atoms with E-state index < -0.39 is 0 Å². The summed E-state index contributed by atoms with van der Waals surface area (Å²) in [5.74, 6) is 0.982. The summed E-state index contributed by atoms with van der Waals surface area (Å²) in [4.78, 5) is 12.2. The van der Waals surface area contributed by atoms with Crippen molar-refractivity contribution in [2.75, 3.05) is 14.2 Å². The van der Waals surface area contributed by atoms with Crippen LogP contribution in [-0.4, -0.2) is 20.2 Å². The standard InChI is InChI=1S/C19H17BrO4/c1-22-13-9-7-12(8-10-13)17-11-15(19(21)23-2)18(24-17)14-5-3-4-6-16(14)20/h3-10,17H,11H2,1-2H3. The van der Waals surface area contributed by atoms with E-state index in [1.807, 2.05) is 48.5 Å². The first-order chi connectivity index (χ1) is 11.6. The number of benzene rings is 2. The van der Waals surface area contributed by atoms with E-state index in [1.165, 1.54) is 7.11 Å². The van der Waals surface area contributed by atoms with Gasteiger partial charge >= 0.3 is 5.97 Å². The molecule has 0 N–H and O–H groups in total. The number of ether oxygens (including phenoxy) is 3. The van der Waals surface area contributed by atoms with Gasteiger partial charge < -0.3 is 14.2 Å². The van der Waals surface area contributed by atoms with Crippen LogP contribution in [0, 0.1) is 0 Å². The number of methoxy groups -OCH3 is 2. The topological polar surface area (TPSA) is 44.8 Å². The van der Waals surface area contributed by atoms with Gasteiger partial charge in [-0.15, -0.1) is 0 Å². The van der Waals surface area contributed by atoms with Crippen LogP contribution in [0.3, 0.4) is 0 Å². The zero-order valence-electron chi connectivity index (χ0n) is 13.4. The van der Waals surface area contributed by atoms with Crippen LogP contribution in [-0.2, 0) is 14.3 Å². The summed E-state index contributed by atoms with van der Waals surface area (Å²) in [7, 11) is 3.01. The van der Waals surface area contributed by atoms with Gasteiger partial charge in [0, 0.05) is 16.5 Å². The van der Waals surface area contributed by atoms with Gasteiger partial charge in [0.1, 0.15) is 17.6 Å². The highest BCUT2D eigenvalue weighted by molar-refractivity contribution is 9.10. The lowest BCUT2D eigenvalue weighted by Gasteiger charge is -2.14. The Morgan fingerprint density at radius 3 is 2.46 bits per heavy atom. The zero-order chi connectivity index (χ0) is 17.1. The molecule has 4 nitrogen and oxygen atoms in total. The second-order valence-electron chi connectivity index (χ2n) is 5.36. The van der Waals surface area contributed by atoms with E-state index in [0.717, 1.165) is 21.3 Å². The first-order valence-corrected chi connectivity index (χ1v) is 8.30. The Hall–Kier alpha value is -2.27. The number of carbonyl (C=O) groups is 1. The summed E-state index contributed by atoms with van der Waals surface area (Å²) < 4.78 is 17.1. The number of halogens is 1. The van der Waals surface area contributed by atoms with Gasteiger partial charge in [0.2, 0.25) is 0 Å². The second kappa shape index (κ2) is 7.09. The molecule has 2 aromatic rings. The fraction of sp³-hybridized carbons (Fsp3) is 0.211. The molecular formula is C19H17BrO4. The van der Waals surface area contributed by atoms with Gasteiger partial charge in [-0.2, -0.15) is 0 Å². The van der Waals surface area contributed by atoms with Gasteiger partial charge in [-0.1, -0.05) is 46.3 Å². The Balaban J connectivity index is 1.95. The molecule has 1 aliphatic rings. The third-order valence-corrected chi connectivity index (χ3v) is 4.65. The molecule has 0 bridgehead atoms. The summed E-state index contributed by atoms with van der Waals surface area (Å²) >= 11 is 3.52. The van der Waals surface area contributed by atoms with Crippen LogP contribution in [0.1, 0.15) is 23.7 Å². The molecule has 1 atom stereocenters. The molecule has 5 heteroatoms. The summed E-state index contributed by atoms with van der Waals surface area (Å²) in [5, 5.41) is 0. The predicted molar refractivity (Wildman–Crippen MR) is 94.5 cm³/mol. The van der Waals surface area contributed by atoms with E-state index in [2.05, 4.69) is 15.9 Å². The number of carbonyl (C=O) groups excluding carboxylic acids is 1. The predicted octanol–water partition coefficient (Wildman–Crippen LogP) is 4.50. The Labute approximate surface area is 149 Å². The van der Waals surface area contributed by atoms with Crippen molar-refractivity contribution >= 4 is 27.7 Å². The molecule has 1 unspecified atom stereocenters. The van der Waals surface area contributed by atoms with Gasteiger partial charge in [0.25, 0.3) is 0 Å². The van der Waals surface area contributed by atoms with Crippen LogP contribution in [0.2, 0.25) is 0 Å². The van der Waals surface area contributed by atoms with Crippen molar-refractivity contribution < 1.29 is 19.0 Å². The van der Waals surface area contributed by atoms with Crippen molar-refractivity contribution in [3.05, 3.63) is 69.7 Å². The normalized spacial score (nSPS) is 16.7. The van der Waals surface area contributed by atoms with Gasteiger partial charge in [-0.05, 0) is 23.8 Å². The number of rotatable bonds is 4. The molecule has 0 spiro atoms. The lowest BCUT2D eigenvalue weighted by Crippen LogP contribution is -2.05. The van der Waals surface area contributed by atoms with Gasteiger partial charge in [-0.25, -0.2) is 4.79 Å². The Morgan fingerprint density at radius 1 is 1.12 bits per heavy atom. The summed E-state index contributed by atoms with van der Waals surface area (Å²) in [5.41, 5.74) is 2.37. The van der Waals surface area contributed by atoms with E-state index >= 15 is 0 Å². The first kappa shape index (κ1) is 16.6. The van der Waals surface area contributed by atoms with E-state index in [-0.39, 0.29) is 12.1 Å². The molecular weight excluding hydrogens is 372 g/mol. The molecule has 1 heterocycles. The van der Waals surface area contributed by atoms with Crippen molar-refractivity contribution in [3.8, 4) is 5.75 Å². The van der Waals surface area contributed by atoms with Gasteiger partial charge in [0.15, 0.2) is 0 Å². The molecule has 1 aliphatic heterocycles. The van der Waals surface area contributed by atoms with Crippen molar-refractivity contribution in [2.24, 2.45) is 0 Å². The molecule has 124 valence electrons. The Bertz CT molecular complexity index is 780. The minimum absolute atomic E-state index is 0.230. The second-order valence-corrected chi connectivity index (χ2v) is 6.22. The molecule has 2 aromatic carbocycles. The summed E-state index contributed by atoms with van der Waals surface area (Å²) in [6.45, 7) is 0. The summed E-state index contributed by atoms with van der Waals surface area (Å²) in [6, 6.07) is 15.3. The smallest absolute Gasteiger partial charge is 0.337 e. The number of esters is 1. The zero-order valence-corrected chi connectivity index (χ0v) is 15.0. The van der Waals surface area contributed by atoms with Crippen LogP contribution in [0.4, 0.5) is 0 Å². The molecule has 3 rings (SSSR count). The maximum atomic E-state index is 12.2. The lowest BCUT2D eigenvalue weighted by atomic mass is 10.0. The number of hydrogen-bond acceptors (Lipinski definition) is 4. The largest absolute Gasteiger partial charge is 0.497 e. The van der Waals surface area contributed by atoms with E-state index in [4.69, 9.17) is 14.2 Å². The Kier molecular flexibility index (Phi) is 4.90. The van der Waals surface area contributed by atoms with Gasteiger partial charge in [0.05, 0.1) is 19.8 Å². The highest BCUT2D eigenvalue weighted by atomic mass is 79.9. The molecule has 0 amide bonds. The maximum absolute atomic E-state index is 12.2. The minimum atomic E-state index is -0.364. The minimum Gasteiger partial charge on any atom is -0.497 e. The van der Waals surface area contributed by atoms with Crippen LogP contribution >= 0.6 is 15.9 Å². The third-order valence-electron chi connectivity index (χ3n) is 3.96. The van der Waals surface area contributed by atoms with Crippen molar-refractivity contribution in [1.29, 1.82) is 0 Å². The molecule has 0 saturated carbocycles. The van der Waals surface area contributed by atoms with Crippen molar-refractivity contribution in [3.63, 3.8) is 0 Å². The fourth-order valence-electron chi connectivity index (χ4n) is 2.71. The van der Waals surface area contributed by atoms with Crippen molar-refractivity contribution in [2.45, 2.75) is 12.5 Å². The number of hydrogen-bond donors (Lipinski definition) is 0. The monoisotopic (exact) mass is 388 g/mol. The summed E-state index contributed by atoms with van der Waals surface area (Å²) in [6.07, 6.45) is 0.238. The van der Waals surface area contributed by atoms with E-state index in [0.29, 0.717) is 17.8 Å². The van der Waals surface area contributed by atoms with Crippen LogP contribution in [0.15, 0.2) is 58.6 Å². The van der Waals surface area contributed by atoms with Crippen LogP contribution < -0.4 is 4.74 Å². The lowest BCUT2D eigenvalue weighted by molar-refractivity contribution is -0.136. The molecule has 0 radical (unpaired) electrons. The first-order valence-electron chi connectivity index (χ1n) is 7.51. The Morgan fingerprint density at radius 2 is 1.83 bits per heavy atom. The fourth-order valence-corrected chi connectivity index (χ4v) is 3.17. The molecule has 24 heavy (non-hydrogen) atoms. The highest BCUT2D eigenvalue weighted by Crippen LogP contribution is 2.43. The average molecular weight is 389 g/mol. The third kappa shape index (κ3) is 3.17. The van der Waals surface area contributed by atoms with Crippen molar-refractivity contribution in [1.82, 2.24) is 0 Å². The van der Waals surface area contributed by atoms with Crippen LogP contribution in [0.25, 0.3) is 5.76 Å². The molecule has 0 fully saturated rings. The van der Waals surface area contributed by atoms with Gasteiger partial charge in [-0.3, -0.25) is 0 Å². The average Bonchev–Trinajstić information content (AvgIpc) is 3.06. The maximum Gasteiger partial charge on any atom is 0.337 e. The van der Waals surface area contributed by atoms with E-state index in [9.17, 15) is 4.79 Å². The molecule has 0 aliphatic carbocycles.